The van der Waals surface area contributed by atoms with Gasteiger partial charge in [0, 0.05) is 20.2 Å². The molecule has 3 N–H and O–H groups in total. The number of methoxy groups -OCH3 is 1. The predicted molar refractivity (Wildman–Crippen MR) is 115 cm³/mol. The summed E-state index contributed by atoms with van der Waals surface area (Å²) < 4.78 is 23.8. The molecule has 1 aliphatic carbocycles. The molecule has 9 nitrogen and oxygen atoms in total. The van der Waals surface area contributed by atoms with Crippen LogP contribution in [0.4, 0.5) is 4.79 Å². The molecule has 0 aromatic heterocycles. The quantitative estimate of drug-likeness (QED) is 0.326. The topological polar surface area (TPSA) is 114 Å². The lowest BCUT2D eigenvalue weighted by Crippen LogP contribution is -2.56. The number of amides is 2. The van der Waals surface area contributed by atoms with E-state index in [2.05, 4.69) is 36.7 Å². The van der Waals surface area contributed by atoms with Crippen molar-refractivity contribution in [1.29, 1.82) is 0 Å². The third-order valence-corrected chi connectivity index (χ3v) is 6.82. The second-order valence-corrected chi connectivity index (χ2v) is 9.58. The van der Waals surface area contributed by atoms with Crippen LogP contribution in [0.2, 0.25) is 0 Å². The Bertz CT molecular complexity index is 641. The summed E-state index contributed by atoms with van der Waals surface area (Å²) in [6, 6.07) is 0. The molecule has 3 aliphatic rings. The first kappa shape index (κ1) is 24.2. The highest BCUT2D eigenvalue weighted by Gasteiger charge is 2.72. The van der Waals surface area contributed by atoms with Gasteiger partial charge in [-0.15, -0.1) is 0 Å². The monoisotopic (exact) mass is 441 g/mol. The summed E-state index contributed by atoms with van der Waals surface area (Å²) in [6.07, 6.45) is 2.68. The van der Waals surface area contributed by atoms with Crippen molar-refractivity contribution in [1.82, 2.24) is 16.0 Å². The number of rotatable bonds is 11. The molecule has 2 amide bonds. The summed E-state index contributed by atoms with van der Waals surface area (Å²) in [6.45, 7) is 8.18. The molecule has 31 heavy (non-hydrogen) atoms. The van der Waals surface area contributed by atoms with Gasteiger partial charge >= 0.3 is 6.09 Å². The normalized spacial score (nSPS) is 36.3. The van der Waals surface area contributed by atoms with Gasteiger partial charge in [-0.25, -0.2) is 4.79 Å². The molecule has 3 rings (SSSR count). The molecule has 2 saturated heterocycles. The Balaban J connectivity index is 1.54. The summed E-state index contributed by atoms with van der Waals surface area (Å²) >= 11 is 0. The second-order valence-electron chi connectivity index (χ2n) is 9.58. The third-order valence-electron chi connectivity index (χ3n) is 6.82. The molecule has 1 saturated carbocycles. The maximum absolute atomic E-state index is 12.4. The maximum Gasteiger partial charge on any atom is 0.407 e. The van der Waals surface area contributed by atoms with Gasteiger partial charge in [0.05, 0.1) is 25.2 Å². The molecule has 1 spiro atoms. The number of hydrogen-bond donors (Lipinski definition) is 3. The Morgan fingerprint density at radius 1 is 1.23 bits per heavy atom. The summed E-state index contributed by atoms with van der Waals surface area (Å²) in [5, 5.41) is 8.19. The predicted octanol–water partition coefficient (Wildman–Crippen LogP) is 1.20. The maximum atomic E-state index is 12.4. The standard InChI is InChI=1S/C22H39N3O6/c1-14(2)6-7-16-21(3,31-16)19-18(28-5)15(8-9-22(19)13-29-22)30-20(27)25-11-10-24-17(26)12-23-4/h14-16,18-19,23H,6-13H2,1-5H3,(H,24,26)(H,25,27)/t15?,16-,18?,19?,21-,22+/m1/s1. The number of hydrogen-bond acceptors (Lipinski definition) is 7. The minimum absolute atomic E-state index is 0.0227. The fourth-order valence-corrected chi connectivity index (χ4v) is 5.04. The van der Waals surface area contributed by atoms with Crippen LogP contribution in [-0.4, -0.2) is 81.9 Å². The van der Waals surface area contributed by atoms with Crippen LogP contribution in [0.3, 0.4) is 0 Å². The first-order valence-corrected chi connectivity index (χ1v) is 11.5. The molecule has 0 bridgehead atoms. The van der Waals surface area contributed by atoms with Crippen molar-refractivity contribution in [3.8, 4) is 0 Å². The lowest BCUT2D eigenvalue weighted by molar-refractivity contribution is -0.120. The lowest BCUT2D eigenvalue weighted by Gasteiger charge is -2.42. The molecule has 2 heterocycles. The Labute approximate surface area is 185 Å². The van der Waals surface area contributed by atoms with E-state index in [9.17, 15) is 9.59 Å². The average Bonchev–Trinajstić information content (AvgIpc) is 3.63. The molecule has 0 aromatic rings. The zero-order valence-electron chi connectivity index (χ0n) is 19.5. The fraction of sp³-hybridized carbons (Fsp3) is 0.909. The molecule has 2 aliphatic heterocycles. The van der Waals surface area contributed by atoms with Gasteiger partial charge in [0.1, 0.15) is 23.4 Å². The minimum atomic E-state index is -0.500. The van der Waals surface area contributed by atoms with Gasteiger partial charge in [0.25, 0.3) is 0 Å². The molecule has 178 valence electrons. The van der Waals surface area contributed by atoms with Crippen LogP contribution in [0.25, 0.3) is 0 Å². The Kier molecular flexibility index (Phi) is 7.83. The van der Waals surface area contributed by atoms with E-state index < -0.39 is 6.09 Å². The molecule has 9 heteroatoms. The van der Waals surface area contributed by atoms with Gasteiger partial charge in [-0.2, -0.15) is 0 Å². The number of epoxide rings is 2. The number of ether oxygens (including phenoxy) is 4. The van der Waals surface area contributed by atoms with Gasteiger partial charge in [-0.05, 0) is 45.6 Å². The highest BCUT2D eigenvalue weighted by Crippen LogP contribution is 2.59. The summed E-state index contributed by atoms with van der Waals surface area (Å²) in [4.78, 5) is 23.8. The molecule has 6 atom stereocenters. The van der Waals surface area contributed by atoms with Crippen LogP contribution in [-0.2, 0) is 23.7 Å². The largest absolute Gasteiger partial charge is 0.443 e. The first-order chi connectivity index (χ1) is 14.8. The van der Waals surface area contributed by atoms with Crippen LogP contribution in [0.5, 0.6) is 0 Å². The van der Waals surface area contributed by atoms with Crippen LogP contribution >= 0.6 is 0 Å². The molecular weight excluding hydrogens is 402 g/mol. The molecule has 3 fully saturated rings. The van der Waals surface area contributed by atoms with Crippen molar-refractivity contribution in [2.45, 2.75) is 76.0 Å². The molecule has 3 unspecified atom stereocenters. The van der Waals surface area contributed by atoms with Crippen molar-refractivity contribution < 1.29 is 28.5 Å². The number of carbonyl (C=O) groups excluding carboxylic acids is 2. The van der Waals surface area contributed by atoms with Gasteiger partial charge in [0.15, 0.2) is 0 Å². The van der Waals surface area contributed by atoms with Gasteiger partial charge in [-0.1, -0.05) is 13.8 Å². The van der Waals surface area contributed by atoms with E-state index in [0.717, 1.165) is 19.3 Å². The number of alkyl carbamates (subject to hydrolysis) is 1. The first-order valence-electron chi connectivity index (χ1n) is 11.5. The van der Waals surface area contributed by atoms with Crippen molar-refractivity contribution in [2.75, 3.05) is 40.4 Å². The molecule has 0 radical (unpaired) electrons. The fourth-order valence-electron chi connectivity index (χ4n) is 5.04. The van der Waals surface area contributed by atoms with Crippen LogP contribution in [0, 0.1) is 11.8 Å². The SMILES string of the molecule is CNCC(=O)NCCNC(=O)OC1CC[C@]2(CO2)C([C@]2(C)O[C@@H]2CCC(C)C)C1OC. The Hall–Kier alpha value is -1.42. The number of nitrogens with one attached hydrogen (secondary N) is 3. The minimum Gasteiger partial charge on any atom is -0.443 e. The summed E-state index contributed by atoms with van der Waals surface area (Å²) in [5.74, 6) is 0.535. The molecular formula is C22H39N3O6. The van der Waals surface area contributed by atoms with E-state index in [1.807, 2.05) is 0 Å². The second kappa shape index (κ2) is 10.0. The molecule has 0 aromatic carbocycles. The summed E-state index contributed by atoms with van der Waals surface area (Å²) in [7, 11) is 3.37. The summed E-state index contributed by atoms with van der Waals surface area (Å²) in [5.41, 5.74) is -0.544. The van der Waals surface area contributed by atoms with E-state index in [4.69, 9.17) is 18.9 Å². The van der Waals surface area contributed by atoms with Crippen LogP contribution < -0.4 is 16.0 Å². The van der Waals surface area contributed by atoms with Gasteiger partial charge in [0.2, 0.25) is 5.91 Å². The number of likely N-dealkylation sites (N-methyl/N-ethyl adjacent to an activating group) is 1. The van der Waals surface area contributed by atoms with Crippen LogP contribution in [0.15, 0.2) is 0 Å². The highest BCUT2D eigenvalue weighted by molar-refractivity contribution is 5.78. The zero-order chi connectivity index (χ0) is 22.6. The van der Waals surface area contributed by atoms with E-state index in [1.54, 1.807) is 14.2 Å². The lowest BCUT2D eigenvalue weighted by atomic mass is 9.68. The van der Waals surface area contributed by atoms with Crippen LogP contribution in [0.1, 0.15) is 46.5 Å². The highest BCUT2D eigenvalue weighted by atomic mass is 16.6. The van der Waals surface area contributed by atoms with Crippen molar-refractivity contribution in [3.63, 3.8) is 0 Å². The van der Waals surface area contributed by atoms with E-state index in [1.165, 1.54) is 0 Å². The zero-order valence-corrected chi connectivity index (χ0v) is 19.5. The Morgan fingerprint density at radius 3 is 2.55 bits per heavy atom. The Morgan fingerprint density at radius 2 is 1.94 bits per heavy atom. The van der Waals surface area contributed by atoms with Gasteiger partial charge in [-0.3, -0.25) is 4.79 Å². The van der Waals surface area contributed by atoms with E-state index in [0.29, 0.717) is 32.0 Å². The van der Waals surface area contributed by atoms with Crippen molar-refractivity contribution in [3.05, 3.63) is 0 Å². The average molecular weight is 442 g/mol. The number of carbonyl (C=O) groups is 2. The third kappa shape index (κ3) is 5.69. The van der Waals surface area contributed by atoms with Gasteiger partial charge < -0.3 is 34.9 Å². The van der Waals surface area contributed by atoms with E-state index in [-0.39, 0.29) is 47.9 Å². The van der Waals surface area contributed by atoms with Crippen molar-refractivity contribution in [2.24, 2.45) is 11.8 Å². The van der Waals surface area contributed by atoms with Crippen molar-refractivity contribution >= 4 is 12.0 Å². The smallest absolute Gasteiger partial charge is 0.407 e. The van der Waals surface area contributed by atoms with E-state index >= 15 is 0 Å².